The van der Waals surface area contributed by atoms with Gasteiger partial charge in [-0.25, -0.2) is 9.97 Å². The first kappa shape index (κ1) is 17.4. The summed E-state index contributed by atoms with van der Waals surface area (Å²) in [6, 6.07) is 2.10. The molecule has 0 radical (unpaired) electrons. The van der Waals surface area contributed by atoms with Crippen LogP contribution in [0.2, 0.25) is 0 Å². The molecule has 0 spiro atoms. The summed E-state index contributed by atoms with van der Waals surface area (Å²) in [6.45, 7) is 6.44. The first-order valence-electron chi connectivity index (χ1n) is 7.23. The molecule has 5 nitrogen and oxygen atoms in total. The third-order valence-corrected chi connectivity index (χ3v) is 3.95. The van der Waals surface area contributed by atoms with Crippen LogP contribution in [0.25, 0.3) is 0 Å². The Hall–Kier alpha value is -1.61. The number of nitriles is 1. The highest BCUT2D eigenvalue weighted by atomic mass is 32.2. The minimum absolute atomic E-state index is 0.0192. The Kier molecular flexibility index (Phi) is 7.76. The van der Waals surface area contributed by atoms with Gasteiger partial charge in [-0.1, -0.05) is 37.9 Å². The van der Waals surface area contributed by atoms with Crippen molar-refractivity contribution >= 4 is 17.7 Å². The molecular formula is C15H22N4OS. The zero-order valence-electron chi connectivity index (χ0n) is 12.9. The molecule has 1 aromatic heterocycles. The Morgan fingerprint density at radius 3 is 2.71 bits per heavy atom. The average Bonchev–Trinajstić information content (AvgIpc) is 2.44. The molecule has 1 aromatic rings. The summed E-state index contributed by atoms with van der Waals surface area (Å²) in [7, 11) is 0. The summed E-state index contributed by atoms with van der Waals surface area (Å²) < 4.78 is 0. The maximum atomic E-state index is 11.8. The van der Waals surface area contributed by atoms with Crippen molar-refractivity contribution in [3.8, 4) is 6.07 Å². The summed E-state index contributed by atoms with van der Waals surface area (Å²) in [4.78, 5) is 20.2. The minimum Gasteiger partial charge on any atom is -0.355 e. The molecule has 6 heteroatoms. The van der Waals surface area contributed by atoms with E-state index in [1.165, 1.54) is 24.6 Å². The van der Waals surface area contributed by atoms with Crippen LogP contribution >= 0.6 is 11.8 Å². The van der Waals surface area contributed by atoms with E-state index in [1.54, 1.807) is 13.8 Å². The van der Waals surface area contributed by atoms with Gasteiger partial charge < -0.3 is 5.32 Å². The number of nitrogens with zero attached hydrogens (tertiary/aromatic N) is 3. The summed E-state index contributed by atoms with van der Waals surface area (Å²) in [5, 5.41) is 12.6. The van der Waals surface area contributed by atoms with Crippen molar-refractivity contribution in [1.29, 1.82) is 5.26 Å². The standard InChI is InChI=1S/C15H22N4OS/c1-4-5-6-7-8-17-14(20)10-21-15-13(9-16)11(2)18-12(3)19-15/h4-8,10H2,1-3H3,(H,17,20). The molecule has 21 heavy (non-hydrogen) atoms. The molecule has 0 atom stereocenters. The molecule has 0 bridgehead atoms. The lowest BCUT2D eigenvalue weighted by atomic mass is 10.2. The molecule has 0 unspecified atom stereocenters. The van der Waals surface area contributed by atoms with E-state index in [0.717, 1.165) is 12.8 Å². The van der Waals surface area contributed by atoms with E-state index in [4.69, 9.17) is 5.26 Å². The van der Waals surface area contributed by atoms with Crippen LogP contribution in [0, 0.1) is 25.2 Å². The largest absolute Gasteiger partial charge is 0.355 e. The lowest BCUT2D eigenvalue weighted by Crippen LogP contribution is -2.26. The fourth-order valence-corrected chi connectivity index (χ4v) is 2.78. The number of carbonyl (C=O) groups is 1. The number of aryl methyl sites for hydroxylation is 2. The van der Waals surface area contributed by atoms with Crippen LogP contribution in [-0.4, -0.2) is 28.2 Å². The van der Waals surface area contributed by atoms with Crippen molar-refractivity contribution < 1.29 is 4.79 Å². The second-order valence-corrected chi connectivity index (χ2v) is 5.81. The predicted molar refractivity (Wildman–Crippen MR) is 84.1 cm³/mol. The molecule has 0 aliphatic carbocycles. The molecule has 114 valence electrons. The molecule has 1 N–H and O–H groups in total. The second-order valence-electron chi connectivity index (χ2n) is 4.85. The van der Waals surface area contributed by atoms with E-state index >= 15 is 0 Å². The quantitative estimate of drug-likeness (QED) is 0.454. The third kappa shape index (κ3) is 6.13. The number of nitrogens with one attached hydrogen (secondary N) is 1. The van der Waals surface area contributed by atoms with Gasteiger partial charge >= 0.3 is 0 Å². The number of unbranched alkanes of at least 4 members (excludes halogenated alkanes) is 3. The van der Waals surface area contributed by atoms with Crippen LogP contribution in [0.15, 0.2) is 5.03 Å². The van der Waals surface area contributed by atoms with Crippen molar-refractivity contribution in [2.24, 2.45) is 0 Å². The predicted octanol–water partition coefficient (Wildman–Crippen LogP) is 2.75. The maximum Gasteiger partial charge on any atom is 0.230 e. The number of amides is 1. The molecule has 0 aromatic carbocycles. The number of carbonyl (C=O) groups excluding carboxylic acids is 1. The van der Waals surface area contributed by atoms with E-state index in [1.807, 2.05) is 0 Å². The average molecular weight is 306 g/mol. The van der Waals surface area contributed by atoms with E-state index < -0.39 is 0 Å². The molecule has 0 aliphatic rings. The Morgan fingerprint density at radius 2 is 2.05 bits per heavy atom. The highest BCUT2D eigenvalue weighted by Crippen LogP contribution is 2.21. The van der Waals surface area contributed by atoms with Gasteiger partial charge in [0.25, 0.3) is 0 Å². The highest BCUT2D eigenvalue weighted by Gasteiger charge is 2.12. The molecule has 0 fully saturated rings. The monoisotopic (exact) mass is 306 g/mol. The van der Waals surface area contributed by atoms with Gasteiger partial charge in [-0.2, -0.15) is 5.26 Å². The SMILES string of the molecule is CCCCCCNC(=O)CSc1nc(C)nc(C)c1C#N. The van der Waals surface area contributed by atoms with Crippen LogP contribution in [0.4, 0.5) is 0 Å². The Balaban J connectivity index is 2.45. The topological polar surface area (TPSA) is 78.7 Å². The number of hydrogen-bond donors (Lipinski definition) is 1. The van der Waals surface area contributed by atoms with E-state index in [9.17, 15) is 4.79 Å². The summed E-state index contributed by atoms with van der Waals surface area (Å²) in [5.41, 5.74) is 1.12. The number of aromatic nitrogens is 2. The third-order valence-electron chi connectivity index (χ3n) is 2.97. The minimum atomic E-state index is -0.0192. The van der Waals surface area contributed by atoms with Crippen LogP contribution in [0.5, 0.6) is 0 Å². The fraction of sp³-hybridized carbons (Fsp3) is 0.600. The van der Waals surface area contributed by atoms with Crippen molar-refractivity contribution in [2.45, 2.75) is 51.5 Å². The maximum absolute atomic E-state index is 11.8. The zero-order chi connectivity index (χ0) is 15.7. The first-order valence-corrected chi connectivity index (χ1v) is 8.21. The highest BCUT2D eigenvalue weighted by molar-refractivity contribution is 8.00. The number of hydrogen-bond acceptors (Lipinski definition) is 5. The normalized spacial score (nSPS) is 10.2. The summed E-state index contributed by atoms with van der Waals surface area (Å²) >= 11 is 1.29. The van der Waals surface area contributed by atoms with E-state index in [-0.39, 0.29) is 11.7 Å². The van der Waals surface area contributed by atoms with Gasteiger partial charge in [0.1, 0.15) is 22.5 Å². The van der Waals surface area contributed by atoms with Crippen LogP contribution < -0.4 is 5.32 Å². The van der Waals surface area contributed by atoms with Gasteiger partial charge in [0, 0.05) is 6.54 Å². The van der Waals surface area contributed by atoms with Crippen LogP contribution in [-0.2, 0) is 4.79 Å². The fourth-order valence-electron chi connectivity index (χ4n) is 1.88. The van der Waals surface area contributed by atoms with Crippen molar-refractivity contribution in [3.05, 3.63) is 17.1 Å². The molecule has 0 saturated carbocycles. The first-order chi connectivity index (χ1) is 10.1. The van der Waals surface area contributed by atoms with Crippen molar-refractivity contribution in [2.75, 3.05) is 12.3 Å². The van der Waals surface area contributed by atoms with Gasteiger partial charge in [-0.05, 0) is 20.3 Å². The van der Waals surface area contributed by atoms with Crippen molar-refractivity contribution in [3.63, 3.8) is 0 Å². The van der Waals surface area contributed by atoms with Gasteiger partial charge in [0.15, 0.2) is 0 Å². The van der Waals surface area contributed by atoms with Gasteiger partial charge in [0.2, 0.25) is 5.91 Å². The van der Waals surface area contributed by atoms with Crippen LogP contribution in [0.3, 0.4) is 0 Å². The Bertz CT molecular complexity index is 525. The van der Waals surface area contributed by atoms with Gasteiger partial charge in [-0.15, -0.1) is 0 Å². The zero-order valence-corrected chi connectivity index (χ0v) is 13.7. The Morgan fingerprint density at radius 1 is 1.29 bits per heavy atom. The second kappa shape index (κ2) is 9.35. The number of rotatable bonds is 8. The summed E-state index contributed by atoms with van der Waals surface area (Å²) in [6.07, 6.45) is 4.55. The molecule has 0 aliphatic heterocycles. The smallest absolute Gasteiger partial charge is 0.230 e. The molecule has 1 amide bonds. The van der Waals surface area contributed by atoms with Crippen LogP contribution in [0.1, 0.15) is 49.7 Å². The molecular weight excluding hydrogens is 284 g/mol. The molecule has 1 heterocycles. The van der Waals surface area contributed by atoms with E-state index in [2.05, 4.69) is 28.3 Å². The van der Waals surface area contributed by atoms with Crippen molar-refractivity contribution in [1.82, 2.24) is 15.3 Å². The Labute approximate surface area is 130 Å². The lowest BCUT2D eigenvalue weighted by molar-refractivity contribution is -0.118. The molecule has 0 saturated heterocycles. The number of thioether (sulfide) groups is 1. The van der Waals surface area contributed by atoms with E-state index in [0.29, 0.717) is 28.7 Å². The van der Waals surface area contributed by atoms with Gasteiger partial charge in [0.05, 0.1) is 11.4 Å². The van der Waals surface area contributed by atoms with Gasteiger partial charge in [-0.3, -0.25) is 4.79 Å². The lowest BCUT2D eigenvalue weighted by Gasteiger charge is -2.07. The summed E-state index contributed by atoms with van der Waals surface area (Å²) in [5.74, 6) is 0.876. The molecule has 1 rings (SSSR count).